The highest BCUT2D eigenvalue weighted by Crippen LogP contribution is 2.64. The fourth-order valence-electron chi connectivity index (χ4n) is 3.89. The SMILES string of the molecule is CC12CCC(C(=O)C1)C2(C)C=Cc1ccccc1. The zero-order valence-electron chi connectivity index (χ0n) is 11.1. The van der Waals surface area contributed by atoms with Crippen molar-refractivity contribution < 1.29 is 4.79 Å². The summed E-state index contributed by atoms with van der Waals surface area (Å²) in [7, 11) is 0. The Morgan fingerprint density at radius 1 is 1.22 bits per heavy atom. The maximum absolute atomic E-state index is 12.0. The molecule has 1 aromatic rings. The first kappa shape index (κ1) is 11.7. The molecule has 18 heavy (non-hydrogen) atoms. The third-order valence-electron chi connectivity index (χ3n) is 5.38. The van der Waals surface area contributed by atoms with Gasteiger partial charge in [0.05, 0.1) is 0 Å². The predicted octanol–water partition coefficient (Wildman–Crippen LogP) is 4.10. The first-order valence-electron chi connectivity index (χ1n) is 6.82. The Balaban J connectivity index is 1.93. The van der Waals surface area contributed by atoms with Gasteiger partial charge in [-0.3, -0.25) is 4.79 Å². The van der Waals surface area contributed by atoms with Gasteiger partial charge < -0.3 is 0 Å². The molecule has 1 nitrogen and oxygen atoms in total. The lowest BCUT2D eigenvalue weighted by Gasteiger charge is -2.34. The van der Waals surface area contributed by atoms with Gasteiger partial charge in [0.15, 0.2) is 0 Å². The Bertz CT molecular complexity index is 502. The van der Waals surface area contributed by atoms with Crippen LogP contribution in [-0.2, 0) is 4.79 Å². The van der Waals surface area contributed by atoms with E-state index in [9.17, 15) is 4.79 Å². The van der Waals surface area contributed by atoms with Crippen molar-refractivity contribution in [3.63, 3.8) is 0 Å². The standard InChI is InChI=1S/C17H20O/c1-16-10-9-14(15(18)12-16)17(16,2)11-8-13-6-4-3-5-7-13/h3-8,11,14H,9-10,12H2,1-2H3. The summed E-state index contributed by atoms with van der Waals surface area (Å²) in [6, 6.07) is 10.4. The molecule has 2 bridgehead atoms. The average Bonchev–Trinajstić information content (AvgIpc) is 2.71. The van der Waals surface area contributed by atoms with Crippen LogP contribution in [0.4, 0.5) is 0 Å². The first-order chi connectivity index (χ1) is 8.55. The molecule has 0 aromatic heterocycles. The van der Waals surface area contributed by atoms with Crippen molar-refractivity contribution in [2.24, 2.45) is 16.7 Å². The van der Waals surface area contributed by atoms with E-state index in [1.807, 2.05) is 6.07 Å². The van der Waals surface area contributed by atoms with Crippen LogP contribution >= 0.6 is 0 Å². The summed E-state index contributed by atoms with van der Waals surface area (Å²) in [5, 5.41) is 0. The van der Waals surface area contributed by atoms with Crippen LogP contribution in [0.3, 0.4) is 0 Å². The van der Waals surface area contributed by atoms with Crippen molar-refractivity contribution >= 4 is 11.9 Å². The van der Waals surface area contributed by atoms with Gasteiger partial charge in [0.1, 0.15) is 5.78 Å². The third-order valence-corrected chi connectivity index (χ3v) is 5.38. The molecule has 0 radical (unpaired) electrons. The number of hydrogen-bond acceptors (Lipinski definition) is 1. The molecule has 0 N–H and O–H groups in total. The van der Waals surface area contributed by atoms with E-state index in [4.69, 9.17) is 0 Å². The Hall–Kier alpha value is -1.37. The molecule has 94 valence electrons. The van der Waals surface area contributed by atoms with E-state index in [2.05, 4.69) is 50.3 Å². The molecule has 3 rings (SSSR count). The van der Waals surface area contributed by atoms with Crippen LogP contribution in [0.5, 0.6) is 0 Å². The first-order valence-corrected chi connectivity index (χ1v) is 6.82. The summed E-state index contributed by atoms with van der Waals surface area (Å²) in [5.41, 5.74) is 1.46. The van der Waals surface area contributed by atoms with Crippen molar-refractivity contribution in [1.29, 1.82) is 0 Å². The molecule has 2 aliphatic carbocycles. The lowest BCUT2D eigenvalue weighted by molar-refractivity contribution is -0.122. The lowest BCUT2D eigenvalue weighted by Crippen LogP contribution is -2.28. The maximum atomic E-state index is 12.0. The Labute approximate surface area is 109 Å². The molecule has 2 fully saturated rings. The lowest BCUT2D eigenvalue weighted by atomic mass is 9.69. The highest BCUT2D eigenvalue weighted by molar-refractivity contribution is 5.87. The maximum Gasteiger partial charge on any atom is 0.137 e. The monoisotopic (exact) mass is 240 g/mol. The van der Waals surface area contributed by atoms with Gasteiger partial charge >= 0.3 is 0 Å². The smallest absolute Gasteiger partial charge is 0.137 e. The van der Waals surface area contributed by atoms with E-state index in [1.54, 1.807) is 0 Å². The van der Waals surface area contributed by atoms with E-state index in [1.165, 1.54) is 12.0 Å². The Morgan fingerprint density at radius 3 is 2.50 bits per heavy atom. The summed E-state index contributed by atoms with van der Waals surface area (Å²) in [4.78, 5) is 12.0. The number of ketones is 1. The number of Topliss-reactive ketones (excluding diaryl/α,β-unsaturated/α-hetero) is 1. The molecule has 1 heteroatoms. The van der Waals surface area contributed by atoms with Crippen LogP contribution in [0.25, 0.3) is 6.08 Å². The third kappa shape index (κ3) is 1.50. The van der Waals surface area contributed by atoms with Crippen molar-refractivity contribution in [1.82, 2.24) is 0 Å². The van der Waals surface area contributed by atoms with E-state index in [0.717, 1.165) is 12.8 Å². The second kappa shape index (κ2) is 3.81. The van der Waals surface area contributed by atoms with Crippen molar-refractivity contribution in [3.05, 3.63) is 42.0 Å². The molecule has 0 heterocycles. The molecule has 0 spiro atoms. The van der Waals surface area contributed by atoms with Gasteiger partial charge in [-0.05, 0) is 23.8 Å². The Morgan fingerprint density at radius 2 is 1.94 bits per heavy atom. The van der Waals surface area contributed by atoms with Crippen molar-refractivity contribution in [2.75, 3.05) is 0 Å². The highest BCUT2D eigenvalue weighted by Gasteiger charge is 2.61. The fourth-order valence-corrected chi connectivity index (χ4v) is 3.89. The number of fused-ring (bicyclic) bond motifs is 2. The van der Waals surface area contributed by atoms with Crippen LogP contribution in [0, 0.1) is 16.7 Å². The number of allylic oxidation sites excluding steroid dienone is 1. The van der Waals surface area contributed by atoms with E-state index in [-0.39, 0.29) is 16.7 Å². The van der Waals surface area contributed by atoms with Crippen molar-refractivity contribution in [3.8, 4) is 0 Å². The molecule has 0 amide bonds. The summed E-state index contributed by atoms with van der Waals surface area (Å²) in [6.07, 6.45) is 7.53. The molecule has 0 aliphatic heterocycles. The number of hydrogen-bond donors (Lipinski definition) is 0. The van der Waals surface area contributed by atoms with E-state index < -0.39 is 0 Å². The summed E-state index contributed by atoms with van der Waals surface area (Å²) >= 11 is 0. The van der Waals surface area contributed by atoms with Gasteiger partial charge in [0.25, 0.3) is 0 Å². The largest absolute Gasteiger partial charge is 0.299 e. The normalized spacial score (nSPS) is 38.8. The van der Waals surface area contributed by atoms with Crippen LogP contribution in [0.1, 0.15) is 38.7 Å². The van der Waals surface area contributed by atoms with Crippen molar-refractivity contribution in [2.45, 2.75) is 33.1 Å². The van der Waals surface area contributed by atoms with Crippen LogP contribution in [0.2, 0.25) is 0 Å². The molecular weight excluding hydrogens is 220 g/mol. The topological polar surface area (TPSA) is 17.1 Å². The van der Waals surface area contributed by atoms with Crippen LogP contribution in [0.15, 0.2) is 36.4 Å². The minimum Gasteiger partial charge on any atom is -0.299 e. The average molecular weight is 240 g/mol. The van der Waals surface area contributed by atoms with Crippen LogP contribution in [-0.4, -0.2) is 5.78 Å². The molecule has 3 atom stereocenters. The van der Waals surface area contributed by atoms with Gasteiger partial charge in [-0.1, -0.05) is 56.3 Å². The molecule has 2 aliphatic rings. The molecule has 2 saturated carbocycles. The molecule has 0 saturated heterocycles. The quantitative estimate of drug-likeness (QED) is 0.760. The van der Waals surface area contributed by atoms with Crippen LogP contribution < -0.4 is 0 Å². The predicted molar refractivity (Wildman–Crippen MR) is 74.0 cm³/mol. The zero-order valence-corrected chi connectivity index (χ0v) is 11.1. The highest BCUT2D eigenvalue weighted by atomic mass is 16.1. The summed E-state index contributed by atoms with van der Waals surface area (Å²) < 4.78 is 0. The number of benzene rings is 1. The zero-order chi connectivity index (χ0) is 12.8. The summed E-state index contributed by atoms with van der Waals surface area (Å²) in [6.45, 7) is 4.56. The molecule has 3 unspecified atom stereocenters. The van der Waals surface area contributed by atoms with Gasteiger partial charge in [0, 0.05) is 17.8 Å². The fraction of sp³-hybridized carbons (Fsp3) is 0.471. The number of rotatable bonds is 2. The minimum atomic E-state index is 0.0555. The minimum absolute atomic E-state index is 0.0555. The number of carbonyl (C=O) groups excluding carboxylic acids is 1. The molecular formula is C17H20O. The van der Waals surface area contributed by atoms with Gasteiger partial charge in [-0.15, -0.1) is 0 Å². The Kier molecular flexibility index (Phi) is 2.48. The second-order valence-electron chi connectivity index (χ2n) is 6.32. The van der Waals surface area contributed by atoms with E-state index >= 15 is 0 Å². The van der Waals surface area contributed by atoms with Gasteiger partial charge in [-0.2, -0.15) is 0 Å². The molecule has 1 aromatic carbocycles. The van der Waals surface area contributed by atoms with E-state index in [0.29, 0.717) is 5.78 Å². The second-order valence-corrected chi connectivity index (χ2v) is 6.32. The number of carbonyl (C=O) groups is 1. The summed E-state index contributed by atoms with van der Waals surface area (Å²) in [5.74, 6) is 0.728. The van der Waals surface area contributed by atoms with Gasteiger partial charge in [-0.25, -0.2) is 0 Å². The van der Waals surface area contributed by atoms with Gasteiger partial charge in [0.2, 0.25) is 0 Å².